The number of esters is 1. The molecule has 1 aromatic rings. The Kier molecular flexibility index (Phi) is 6.56. The summed E-state index contributed by atoms with van der Waals surface area (Å²) in [5.41, 5.74) is -0.745. The van der Waals surface area contributed by atoms with Gasteiger partial charge in [0.2, 0.25) is 11.8 Å². The van der Waals surface area contributed by atoms with E-state index in [9.17, 15) is 14.4 Å². The molecular weight excluding hydrogens is 382 g/mol. The third-order valence-corrected chi connectivity index (χ3v) is 6.29. The number of pyridine rings is 1. The number of thioether (sulfide) groups is 1. The van der Waals surface area contributed by atoms with Crippen LogP contribution in [0.25, 0.3) is 0 Å². The van der Waals surface area contributed by atoms with Crippen molar-refractivity contribution in [2.45, 2.75) is 36.8 Å². The summed E-state index contributed by atoms with van der Waals surface area (Å²) in [5, 5.41) is 2.18. The van der Waals surface area contributed by atoms with Gasteiger partial charge in [0.25, 0.3) is 0 Å². The van der Waals surface area contributed by atoms with Crippen LogP contribution in [0, 0.1) is 5.92 Å². The summed E-state index contributed by atoms with van der Waals surface area (Å²) in [7, 11) is 1.33. The van der Waals surface area contributed by atoms with Crippen LogP contribution in [0.4, 0.5) is 0 Å². The number of hydrogen-bond acceptors (Lipinski definition) is 7. The number of hydroxylamine groups is 2. The van der Waals surface area contributed by atoms with Crippen molar-refractivity contribution in [3.63, 3.8) is 0 Å². The average Bonchev–Trinajstić information content (AvgIpc) is 2.99. The van der Waals surface area contributed by atoms with Gasteiger partial charge >= 0.3 is 5.97 Å². The summed E-state index contributed by atoms with van der Waals surface area (Å²) in [5.74, 6) is -0.855. The standard InChI is InChI=1S/C19H25N3O5S/c1-3-27-22-16(23)12-14(18(25)26-2)19(22)7-10-21(11-8-19)17(24)13-28-15-6-4-5-9-20-15/h4-6,9,14H,3,7-8,10-13H2,1-2H3. The largest absolute Gasteiger partial charge is 0.469 e. The number of hydrogen-bond donors (Lipinski definition) is 0. The molecule has 0 aliphatic carbocycles. The highest BCUT2D eigenvalue weighted by molar-refractivity contribution is 7.99. The average molecular weight is 407 g/mol. The van der Waals surface area contributed by atoms with Crippen molar-refractivity contribution in [2.75, 3.05) is 32.6 Å². The first-order chi connectivity index (χ1) is 13.5. The maximum absolute atomic E-state index is 12.6. The van der Waals surface area contributed by atoms with E-state index in [0.717, 1.165) is 5.03 Å². The Morgan fingerprint density at radius 3 is 2.68 bits per heavy atom. The van der Waals surface area contributed by atoms with Crippen LogP contribution in [0.5, 0.6) is 0 Å². The fourth-order valence-corrected chi connectivity index (χ4v) is 4.73. The monoisotopic (exact) mass is 407 g/mol. The number of rotatable bonds is 6. The van der Waals surface area contributed by atoms with Crippen LogP contribution in [0.2, 0.25) is 0 Å². The summed E-state index contributed by atoms with van der Waals surface area (Å²) < 4.78 is 4.93. The lowest BCUT2D eigenvalue weighted by molar-refractivity contribution is -0.221. The van der Waals surface area contributed by atoms with Gasteiger partial charge in [-0.3, -0.25) is 19.2 Å². The third-order valence-electron chi connectivity index (χ3n) is 5.37. The van der Waals surface area contributed by atoms with Gasteiger partial charge in [-0.15, -0.1) is 0 Å². The molecule has 8 nitrogen and oxygen atoms in total. The van der Waals surface area contributed by atoms with Gasteiger partial charge < -0.3 is 9.64 Å². The smallest absolute Gasteiger partial charge is 0.311 e. The highest BCUT2D eigenvalue weighted by Gasteiger charge is 2.58. The molecular formula is C19H25N3O5S. The Morgan fingerprint density at radius 2 is 2.07 bits per heavy atom. The Hall–Kier alpha value is -2.13. The van der Waals surface area contributed by atoms with E-state index in [1.807, 2.05) is 18.2 Å². The van der Waals surface area contributed by atoms with Crippen LogP contribution in [0.15, 0.2) is 29.4 Å². The molecule has 2 aliphatic heterocycles. The molecule has 2 amide bonds. The number of amides is 2. The maximum Gasteiger partial charge on any atom is 0.311 e. The quantitative estimate of drug-likeness (QED) is 0.522. The minimum absolute atomic E-state index is 0.0207. The van der Waals surface area contributed by atoms with Crippen LogP contribution in [0.1, 0.15) is 26.2 Å². The Bertz CT molecular complexity index is 722. The minimum atomic E-state index is -0.745. The molecule has 28 heavy (non-hydrogen) atoms. The molecule has 3 heterocycles. The second-order valence-corrected chi connectivity index (χ2v) is 7.82. The van der Waals surface area contributed by atoms with Gasteiger partial charge in [0.1, 0.15) is 0 Å². The topological polar surface area (TPSA) is 89.0 Å². The van der Waals surface area contributed by atoms with Crippen LogP contribution in [0.3, 0.4) is 0 Å². The number of carbonyl (C=O) groups excluding carboxylic acids is 3. The van der Waals surface area contributed by atoms with Crippen molar-refractivity contribution in [3.8, 4) is 0 Å². The zero-order chi connectivity index (χ0) is 20.1. The lowest BCUT2D eigenvalue weighted by Gasteiger charge is -2.45. The van der Waals surface area contributed by atoms with Gasteiger partial charge in [-0.25, -0.2) is 10.0 Å². The Morgan fingerprint density at radius 1 is 1.32 bits per heavy atom. The highest BCUT2D eigenvalue weighted by Crippen LogP contribution is 2.44. The Balaban J connectivity index is 1.66. The summed E-state index contributed by atoms with van der Waals surface area (Å²) >= 11 is 1.40. The lowest BCUT2D eigenvalue weighted by Crippen LogP contribution is -2.58. The SMILES string of the molecule is CCON1C(=O)CC(C(=O)OC)C12CCN(C(=O)CSc1ccccn1)CC2. The van der Waals surface area contributed by atoms with E-state index in [4.69, 9.17) is 9.57 Å². The van der Waals surface area contributed by atoms with Crippen molar-refractivity contribution in [3.05, 3.63) is 24.4 Å². The zero-order valence-corrected chi connectivity index (χ0v) is 16.9. The predicted octanol–water partition coefficient (Wildman–Crippen LogP) is 1.51. The molecule has 1 unspecified atom stereocenters. The number of nitrogens with zero attached hydrogens (tertiary/aromatic N) is 3. The Labute approximate surface area is 168 Å². The molecule has 0 aromatic carbocycles. The number of aromatic nitrogens is 1. The molecule has 0 N–H and O–H groups in total. The predicted molar refractivity (Wildman–Crippen MR) is 102 cm³/mol. The minimum Gasteiger partial charge on any atom is -0.469 e. The zero-order valence-electron chi connectivity index (χ0n) is 16.1. The van der Waals surface area contributed by atoms with E-state index >= 15 is 0 Å². The van der Waals surface area contributed by atoms with Crippen LogP contribution >= 0.6 is 11.8 Å². The molecule has 2 aliphatic rings. The van der Waals surface area contributed by atoms with Gasteiger partial charge in [0.15, 0.2) is 0 Å². The van der Waals surface area contributed by atoms with Crippen molar-refractivity contribution >= 4 is 29.5 Å². The second-order valence-electron chi connectivity index (χ2n) is 6.83. The fourth-order valence-electron chi connectivity index (χ4n) is 3.97. The first-order valence-corrected chi connectivity index (χ1v) is 10.4. The molecule has 1 spiro atoms. The number of ether oxygens (including phenoxy) is 1. The van der Waals surface area contributed by atoms with E-state index in [2.05, 4.69) is 4.98 Å². The number of likely N-dealkylation sites (tertiary alicyclic amines) is 1. The van der Waals surface area contributed by atoms with Crippen molar-refractivity contribution < 1.29 is 24.0 Å². The van der Waals surface area contributed by atoms with Crippen molar-refractivity contribution in [1.82, 2.24) is 14.9 Å². The lowest BCUT2D eigenvalue weighted by atomic mass is 9.77. The first-order valence-electron chi connectivity index (χ1n) is 9.37. The fraction of sp³-hybridized carbons (Fsp3) is 0.579. The number of carbonyl (C=O) groups is 3. The van der Waals surface area contributed by atoms with Crippen molar-refractivity contribution in [2.24, 2.45) is 5.92 Å². The highest BCUT2D eigenvalue weighted by atomic mass is 32.2. The maximum atomic E-state index is 12.6. The van der Waals surface area contributed by atoms with Gasteiger partial charge in [0, 0.05) is 25.7 Å². The molecule has 0 saturated carbocycles. The van der Waals surface area contributed by atoms with E-state index in [1.165, 1.54) is 23.9 Å². The van der Waals surface area contributed by atoms with E-state index < -0.39 is 17.4 Å². The van der Waals surface area contributed by atoms with Gasteiger partial charge in [-0.2, -0.15) is 0 Å². The molecule has 152 valence electrons. The molecule has 3 rings (SSSR count). The molecule has 9 heteroatoms. The van der Waals surface area contributed by atoms with E-state index in [0.29, 0.717) is 38.3 Å². The molecule has 2 saturated heterocycles. The van der Waals surface area contributed by atoms with Gasteiger partial charge in [-0.1, -0.05) is 17.8 Å². The van der Waals surface area contributed by atoms with Crippen LogP contribution < -0.4 is 0 Å². The summed E-state index contributed by atoms with van der Waals surface area (Å²) in [6.45, 7) is 3.07. The van der Waals surface area contributed by atoms with Crippen LogP contribution in [-0.2, 0) is 24.0 Å². The van der Waals surface area contributed by atoms with Crippen LogP contribution in [-0.4, -0.2) is 70.8 Å². The normalized spacial score (nSPS) is 21.2. The molecule has 0 bridgehead atoms. The summed E-state index contributed by atoms with van der Waals surface area (Å²) in [4.78, 5) is 48.9. The molecule has 1 atom stereocenters. The van der Waals surface area contributed by atoms with Gasteiger partial charge in [0.05, 0.1) is 36.0 Å². The van der Waals surface area contributed by atoms with E-state index in [1.54, 1.807) is 18.0 Å². The molecule has 0 radical (unpaired) electrons. The second kappa shape index (κ2) is 8.91. The number of piperidine rings is 1. The number of methoxy groups -OCH3 is 1. The van der Waals surface area contributed by atoms with Gasteiger partial charge in [-0.05, 0) is 31.9 Å². The molecule has 1 aromatic heterocycles. The first kappa shape index (κ1) is 20.6. The summed E-state index contributed by atoms with van der Waals surface area (Å²) in [6, 6.07) is 5.59. The van der Waals surface area contributed by atoms with Crippen molar-refractivity contribution in [1.29, 1.82) is 0 Å². The third kappa shape index (κ3) is 4.00. The molecule has 2 fully saturated rings. The summed E-state index contributed by atoms with van der Waals surface area (Å²) in [6.07, 6.45) is 2.75. The van der Waals surface area contributed by atoms with E-state index in [-0.39, 0.29) is 18.2 Å².